The van der Waals surface area contributed by atoms with Crippen molar-refractivity contribution in [1.82, 2.24) is 0 Å². The highest BCUT2D eigenvalue weighted by Crippen LogP contribution is 2.37. The van der Waals surface area contributed by atoms with Gasteiger partial charge in [0, 0.05) is 0 Å². The third-order valence-corrected chi connectivity index (χ3v) is 7.85. The Morgan fingerprint density at radius 1 is 0.853 bits per heavy atom. The Kier molecular flexibility index (Phi) is 6.94. The Bertz CT molecular complexity index is 1420. The molecule has 0 aliphatic carbocycles. The van der Waals surface area contributed by atoms with Crippen LogP contribution in [0.4, 0.5) is 10.5 Å². The number of carbonyl (C=O) groups excluding carboxylic acids is 2. The molecule has 0 radical (unpaired) electrons. The second-order valence-corrected chi connectivity index (χ2v) is 10.9. The molecule has 1 saturated heterocycles. The van der Waals surface area contributed by atoms with Crippen molar-refractivity contribution >= 4 is 90.6 Å². The molecular weight excluding hydrogens is 672 g/mol. The van der Waals surface area contributed by atoms with Gasteiger partial charge in [-0.05, 0) is 109 Å². The molecule has 1 fully saturated rings. The summed E-state index contributed by atoms with van der Waals surface area (Å²) in [6, 6.07) is 27.4. The SMILES string of the molecule is O=C1S/C(=C\c2cc(I)c(OCc3cccc4ccccc34)c(I)c2)C(=O)N1c1ccccc1. The Morgan fingerprint density at radius 2 is 1.53 bits per heavy atom. The number of hydrogen-bond donors (Lipinski definition) is 0. The van der Waals surface area contributed by atoms with Crippen LogP contribution in [0.1, 0.15) is 11.1 Å². The van der Waals surface area contributed by atoms with Gasteiger partial charge in [-0.3, -0.25) is 9.59 Å². The van der Waals surface area contributed by atoms with E-state index in [0.29, 0.717) is 17.2 Å². The van der Waals surface area contributed by atoms with E-state index in [9.17, 15) is 9.59 Å². The fraction of sp³-hybridized carbons (Fsp3) is 0.0370. The molecule has 0 N–H and O–H groups in total. The summed E-state index contributed by atoms with van der Waals surface area (Å²) in [5.41, 5.74) is 2.56. The number of para-hydroxylation sites is 1. The number of thioether (sulfide) groups is 1. The number of carbonyl (C=O) groups is 2. The second-order valence-electron chi connectivity index (χ2n) is 7.59. The van der Waals surface area contributed by atoms with Crippen molar-refractivity contribution in [2.45, 2.75) is 6.61 Å². The monoisotopic (exact) mass is 689 g/mol. The van der Waals surface area contributed by atoms with E-state index in [0.717, 1.165) is 35.8 Å². The number of fused-ring (bicyclic) bond motifs is 1. The van der Waals surface area contributed by atoms with Gasteiger partial charge in [-0.15, -0.1) is 0 Å². The third kappa shape index (κ3) is 4.73. The number of imide groups is 1. The number of halogens is 2. The molecule has 168 valence electrons. The van der Waals surface area contributed by atoms with Crippen LogP contribution in [0.2, 0.25) is 0 Å². The number of nitrogens with zero attached hydrogens (tertiary/aromatic N) is 1. The Labute approximate surface area is 228 Å². The lowest BCUT2D eigenvalue weighted by Crippen LogP contribution is -2.27. The number of anilines is 1. The lowest BCUT2D eigenvalue weighted by Gasteiger charge is -2.13. The molecule has 7 heteroatoms. The van der Waals surface area contributed by atoms with Crippen LogP contribution in [0.15, 0.2) is 89.8 Å². The highest BCUT2D eigenvalue weighted by atomic mass is 127. The second kappa shape index (κ2) is 10.1. The van der Waals surface area contributed by atoms with E-state index in [1.54, 1.807) is 18.2 Å². The minimum Gasteiger partial charge on any atom is -0.487 e. The van der Waals surface area contributed by atoms with Crippen LogP contribution in [0.25, 0.3) is 16.8 Å². The largest absolute Gasteiger partial charge is 0.487 e. The van der Waals surface area contributed by atoms with Crippen molar-refractivity contribution in [3.63, 3.8) is 0 Å². The van der Waals surface area contributed by atoms with E-state index in [4.69, 9.17) is 4.74 Å². The van der Waals surface area contributed by atoms with E-state index in [1.807, 2.05) is 48.5 Å². The quantitative estimate of drug-likeness (QED) is 0.158. The molecule has 4 aromatic carbocycles. The highest BCUT2D eigenvalue weighted by molar-refractivity contribution is 14.1. The summed E-state index contributed by atoms with van der Waals surface area (Å²) in [7, 11) is 0. The number of amides is 2. The normalized spacial score (nSPS) is 14.9. The summed E-state index contributed by atoms with van der Waals surface area (Å²) in [5.74, 6) is 0.506. The zero-order valence-corrected chi connectivity index (χ0v) is 22.8. The minimum absolute atomic E-state index is 0.290. The summed E-state index contributed by atoms with van der Waals surface area (Å²) in [4.78, 5) is 27.0. The molecule has 4 aromatic rings. The molecule has 2 amide bonds. The van der Waals surface area contributed by atoms with Crippen molar-refractivity contribution in [3.8, 4) is 5.75 Å². The Balaban J connectivity index is 1.38. The van der Waals surface area contributed by atoms with Crippen molar-refractivity contribution < 1.29 is 14.3 Å². The molecule has 1 aliphatic heterocycles. The molecule has 1 heterocycles. The first kappa shape index (κ1) is 23.4. The average molecular weight is 689 g/mol. The van der Waals surface area contributed by atoms with Gasteiger partial charge in [-0.2, -0.15) is 0 Å². The summed E-state index contributed by atoms with van der Waals surface area (Å²) in [6.45, 7) is 0.461. The number of rotatable bonds is 5. The molecule has 0 unspecified atom stereocenters. The average Bonchev–Trinajstić information content (AvgIpc) is 3.11. The van der Waals surface area contributed by atoms with E-state index >= 15 is 0 Å². The van der Waals surface area contributed by atoms with Crippen LogP contribution >= 0.6 is 56.9 Å². The highest BCUT2D eigenvalue weighted by Gasteiger charge is 2.36. The van der Waals surface area contributed by atoms with E-state index < -0.39 is 0 Å². The van der Waals surface area contributed by atoms with Crippen LogP contribution in [0.5, 0.6) is 5.75 Å². The molecule has 5 rings (SSSR count). The van der Waals surface area contributed by atoms with Gasteiger partial charge >= 0.3 is 0 Å². The molecule has 1 aliphatic rings. The van der Waals surface area contributed by atoms with Crippen LogP contribution < -0.4 is 9.64 Å². The molecule has 0 bridgehead atoms. The Hall–Kier alpha value is -2.37. The van der Waals surface area contributed by atoms with Gasteiger partial charge in [0.1, 0.15) is 12.4 Å². The first-order valence-electron chi connectivity index (χ1n) is 10.4. The summed E-state index contributed by atoms with van der Waals surface area (Å²) in [5, 5.41) is 2.08. The van der Waals surface area contributed by atoms with Crippen molar-refractivity contribution in [2.24, 2.45) is 0 Å². The van der Waals surface area contributed by atoms with E-state index in [2.05, 4.69) is 69.4 Å². The molecule has 0 atom stereocenters. The van der Waals surface area contributed by atoms with Crippen LogP contribution in [0, 0.1) is 7.14 Å². The van der Waals surface area contributed by atoms with Gasteiger partial charge < -0.3 is 4.74 Å². The van der Waals surface area contributed by atoms with E-state index in [-0.39, 0.29) is 11.1 Å². The molecule has 34 heavy (non-hydrogen) atoms. The van der Waals surface area contributed by atoms with Gasteiger partial charge in [0.2, 0.25) is 0 Å². The lowest BCUT2D eigenvalue weighted by atomic mass is 10.1. The van der Waals surface area contributed by atoms with Gasteiger partial charge in [0.05, 0.1) is 17.7 Å². The maximum Gasteiger partial charge on any atom is 0.298 e. The standard InChI is InChI=1S/C27H17I2NO3S/c28-22-13-17(15-24-26(31)30(27(32)34-24)20-10-2-1-3-11-20)14-23(29)25(22)33-16-19-9-6-8-18-7-4-5-12-21(18)19/h1-15H,16H2/b24-15-. The fourth-order valence-electron chi connectivity index (χ4n) is 3.79. The number of benzene rings is 4. The van der Waals surface area contributed by atoms with Crippen LogP contribution in [0.3, 0.4) is 0 Å². The number of hydrogen-bond acceptors (Lipinski definition) is 4. The lowest BCUT2D eigenvalue weighted by molar-refractivity contribution is -0.113. The van der Waals surface area contributed by atoms with Gasteiger partial charge in [0.25, 0.3) is 11.1 Å². The fourth-order valence-corrected chi connectivity index (χ4v) is 6.76. The number of ether oxygens (including phenoxy) is 1. The molecular formula is C27H17I2NO3S. The molecule has 4 nitrogen and oxygen atoms in total. The predicted octanol–water partition coefficient (Wildman–Crippen LogP) is 7.87. The van der Waals surface area contributed by atoms with Gasteiger partial charge in [0.15, 0.2) is 0 Å². The third-order valence-electron chi connectivity index (χ3n) is 5.38. The zero-order valence-electron chi connectivity index (χ0n) is 17.7. The van der Waals surface area contributed by atoms with E-state index in [1.165, 1.54) is 15.7 Å². The maximum absolute atomic E-state index is 12.9. The van der Waals surface area contributed by atoms with Crippen LogP contribution in [-0.2, 0) is 11.4 Å². The van der Waals surface area contributed by atoms with Gasteiger partial charge in [-0.25, -0.2) is 4.90 Å². The zero-order chi connectivity index (χ0) is 23.7. The predicted molar refractivity (Wildman–Crippen MR) is 155 cm³/mol. The molecule has 0 spiro atoms. The van der Waals surface area contributed by atoms with Crippen molar-refractivity contribution in [3.05, 3.63) is 108 Å². The first-order chi connectivity index (χ1) is 16.5. The molecule has 0 aromatic heterocycles. The van der Waals surface area contributed by atoms with Crippen LogP contribution in [-0.4, -0.2) is 11.1 Å². The summed E-state index contributed by atoms with van der Waals surface area (Å²) >= 11 is 5.47. The maximum atomic E-state index is 12.9. The van der Waals surface area contributed by atoms with Crippen molar-refractivity contribution in [1.29, 1.82) is 0 Å². The van der Waals surface area contributed by atoms with Crippen molar-refractivity contribution in [2.75, 3.05) is 4.90 Å². The van der Waals surface area contributed by atoms with Gasteiger partial charge in [-0.1, -0.05) is 60.7 Å². The topological polar surface area (TPSA) is 46.6 Å². The molecule has 0 saturated carbocycles. The summed E-state index contributed by atoms with van der Waals surface area (Å²) in [6.07, 6.45) is 1.77. The first-order valence-corrected chi connectivity index (χ1v) is 13.4. The summed E-state index contributed by atoms with van der Waals surface area (Å²) < 4.78 is 8.12. The minimum atomic E-state index is -0.303. The Morgan fingerprint density at radius 3 is 2.29 bits per heavy atom. The smallest absolute Gasteiger partial charge is 0.298 e.